The molecular formula is C19H29N3O3S. The Morgan fingerprint density at radius 1 is 1.27 bits per heavy atom. The highest BCUT2D eigenvalue weighted by Crippen LogP contribution is 2.24. The van der Waals surface area contributed by atoms with E-state index in [-0.39, 0.29) is 10.8 Å². The monoisotopic (exact) mass is 379 g/mol. The predicted octanol–water partition coefficient (Wildman–Crippen LogP) is 1.90. The lowest BCUT2D eigenvalue weighted by molar-refractivity contribution is 0.0951. The zero-order valence-corrected chi connectivity index (χ0v) is 16.3. The molecule has 1 aromatic rings. The molecule has 2 saturated heterocycles. The maximum Gasteiger partial charge on any atom is 0.251 e. The minimum Gasteiger partial charge on any atom is -0.352 e. The van der Waals surface area contributed by atoms with Gasteiger partial charge in [-0.3, -0.25) is 4.79 Å². The third-order valence-electron chi connectivity index (χ3n) is 5.38. The van der Waals surface area contributed by atoms with Crippen molar-refractivity contribution in [1.29, 1.82) is 0 Å². The van der Waals surface area contributed by atoms with Crippen LogP contribution in [0.2, 0.25) is 0 Å². The highest BCUT2D eigenvalue weighted by molar-refractivity contribution is 7.89. The fourth-order valence-electron chi connectivity index (χ4n) is 3.72. The molecule has 0 aromatic heterocycles. The fraction of sp³-hybridized carbons (Fsp3) is 0.632. The first-order chi connectivity index (χ1) is 12.5. The van der Waals surface area contributed by atoms with Crippen molar-refractivity contribution in [1.82, 2.24) is 14.9 Å². The van der Waals surface area contributed by atoms with Gasteiger partial charge in [0.2, 0.25) is 10.0 Å². The average Bonchev–Trinajstić information content (AvgIpc) is 3.16. The molecule has 2 aliphatic heterocycles. The van der Waals surface area contributed by atoms with Gasteiger partial charge in [-0.15, -0.1) is 0 Å². The highest BCUT2D eigenvalue weighted by atomic mass is 32.2. The average molecular weight is 380 g/mol. The highest BCUT2D eigenvalue weighted by Gasteiger charge is 2.28. The summed E-state index contributed by atoms with van der Waals surface area (Å²) in [4.78, 5) is 12.7. The first-order valence-corrected chi connectivity index (χ1v) is 11.0. The second-order valence-corrected chi connectivity index (χ2v) is 9.25. The van der Waals surface area contributed by atoms with Gasteiger partial charge in [0.15, 0.2) is 0 Å². The molecule has 0 saturated carbocycles. The summed E-state index contributed by atoms with van der Waals surface area (Å²) in [5.41, 5.74) is 1.10. The van der Waals surface area contributed by atoms with E-state index in [0.717, 1.165) is 45.2 Å². The van der Waals surface area contributed by atoms with Crippen LogP contribution in [0.3, 0.4) is 0 Å². The van der Waals surface area contributed by atoms with E-state index in [4.69, 9.17) is 0 Å². The molecule has 2 fully saturated rings. The van der Waals surface area contributed by atoms with Gasteiger partial charge in [-0.1, -0.05) is 12.5 Å². The van der Waals surface area contributed by atoms with Crippen LogP contribution in [0, 0.1) is 12.8 Å². The van der Waals surface area contributed by atoms with Gasteiger partial charge < -0.3 is 10.6 Å². The van der Waals surface area contributed by atoms with Crippen molar-refractivity contribution in [3.05, 3.63) is 29.3 Å². The molecule has 6 nitrogen and oxygen atoms in total. The van der Waals surface area contributed by atoms with Crippen LogP contribution < -0.4 is 10.6 Å². The van der Waals surface area contributed by atoms with Gasteiger partial charge >= 0.3 is 0 Å². The van der Waals surface area contributed by atoms with Crippen LogP contribution in [-0.2, 0) is 10.0 Å². The molecule has 144 valence electrons. The summed E-state index contributed by atoms with van der Waals surface area (Å²) in [7, 11) is -3.54. The van der Waals surface area contributed by atoms with Gasteiger partial charge in [0, 0.05) is 25.2 Å². The Morgan fingerprint density at radius 2 is 2.04 bits per heavy atom. The Labute approximate surface area is 156 Å². The van der Waals surface area contributed by atoms with Crippen LogP contribution in [0.15, 0.2) is 23.1 Å². The largest absolute Gasteiger partial charge is 0.352 e. The first-order valence-electron chi connectivity index (χ1n) is 9.58. The molecule has 3 rings (SSSR count). The minimum atomic E-state index is -3.54. The number of aryl methyl sites for hydroxylation is 1. The summed E-state index contributed by atoms with van der Waals surface area (Å²) < 4.78 is 27.5. The Hall–Kier alpha value is -1.44. The smallest absolute Gasteiger partial charge is 0.251 e. The van der Waals surface area contributed by atoms with E-state index < -0.39 is 10.0 Å². The number of hydrogen-bond donors (Lipinski definition) is 2. The second-order valence-electron chi connectivity index (χ2n) is 7.35. The Morgan fingerprint density at radius 3 is 2.73 bits per heavy atom. The molecule has 2 heterocycles. The number of nitrogens with zero attached hydrogens (tertiary/aromatic N) is 1. The standard InChI is InChI=1S/C19H29N3O3S/c1-15-5-6-17(19(23)21-10-8-16-7-9-20-14-16)13-18(15)26(24,25)22-11-3-2-4-12-22/h5-6,13,16,20H,2-4,7-12,14H2,1H3,(H,21,23). The normalized spacial score (nSPS) is 21.7. The topological polar surface area (TPSA) is 78.5 Å². The number of rotatable bonds is 6. The van der Waals surface area contributed by atoms with Gasteiger partial charge in [0.05, 0.1) is 4.90 Å². The summed E-state index contributed by atoms with van der Waals surface area (Å²) in [6.07, 6.45) is 4.97. The molecule has 1 atom stereocenters. The minimum absolute atomic E-state index is 0.203. The van der Waals surface area contributed by atoms with Crippen LogP contribution in [0.5, 0.6) is 0 Å². The molecule has 1 aromatic carbocycles. The van der Waals surface area contributed by atoms with Gasteiger partial charge in [-0.25, -0.2) is 8.42 Å². The maximum absolute atomic E-state index is 13.0. The lowest BCUT2D eigenvalue weighted by Gasteiger charge is -2.26. The molecule has 0 radical (unpaired) electrons. The molecule has 26 heavy (non-hydrogen) atoms. The van der Waals surface area contributed by atoms with Gasteiger partial charge in [-0.2, -0.15) is 4.31 Å². The van der Waals surface area contributed by atoms with Crippen molar-refractivity contribution in [2.75, 3.05) is 32.7 Å². The number of piperidine rings is 1. The zero-order valence-electron chi connectivity index (χ0n) is 15.5. The Bertz CT molecular complexity index is 736. The van der Waals surface area contributed by atoms with Crippen LogP contribution in [0.4, 0.5) is 0 Å². The number of sulfonamides is 1. The molecule has 1 unspecified atom stereocenters. The van der Waals surface area contributed by atoms with Crippen molar-refractivity contribution < 1.29 is 13.2 Å². The van der Waals surface area contributed by atoms with Gasteiger partial charge in [-0.05, 0) is 69.3 Å². The van der Waals surface area contributed by atoms with Crippen LogP contribution in [0.25, 0.3) is 0 Å². The van der Waals surface area contributed by atoms with E-state index >= 15 is 0 Å². The number of nitrogens with one attached hydrogen (secondary N) is 2. The molecule has 1 amide bonds. The van der Waals surface area contributed by atoms with E-state index in [9.17, 15) is 13.2 Å². The quantitative estimate of drug-likeness (QED) is 0.791. The van der Waals surface area contributed by atoms with E-state index in [1.54, 1.807) is 23.4 Å². The summed E-state index contributed by atoms with van der Waals surface area (Å²) in [6, 6.07) is 4.97. The van der Waals surface area contributed by atoms with Gasteiger partial charge in [0.25, 0.3) is 5.91 Å². The van der Waals surface area contributed by atoms with Gasteiger partial charge in [0.1, 0.15) is 0 Å². The molecule has 0 aliphatic carbocycles. The van der Waals surface area contributed by atoms with Crippen molar-refractivity contribution in [3.8, 4) is 0 Å². The fourth-order valence-corrected chi connectivity index (χ4v) is 5.48. The number of carbonyl (C=O) groups excluding carboxylic acids is 1. The number of hydrogen-bond acceptors (Lipinski definition) is 4. The van der Waals surface area contributed by atoms with Crippen LogP contribution in [-0.4, -0.2) is 51.4 Å². The van der Waals surface area contributed by atoms with E-state index in [0.29, 0.717) is 36.7 Å². The molecule has 2 N–H and O–H groups in total. The SMILES string of the molecule is Cc1ccc(C(=O)NCCC2CCNC2)cc1S(=O)(=O)N1CCCCC1. The van der Waals surface area contributed by atoms with E-state index in [2.05, 4.69) is 10.6 Å². The molecule has 7 heteroatoms. The second kappa shape index (κ2) is 8.50. The predicted molar refractivity (Wildman–Crippen MR) is 102 cm³/mol. The van der Waals surface area contributed by atoms with Crippen molar-refractivity contribution >= 4 is 15.9 Å². The Kier molecular flexibility index (Phi) is 6.32. The summed E-state index contributed by atoms with van der Waals surface area (Å²) in [5.74, 6) is 0.411. The van der Waals surface area contributed by atoms with E-state index in [1.807, 2.05) is 0 Å². The summed E-state index contributed by atoms with van der Waals surface area (Å²) in [6.45, 7) is 5.59. The maximum atomic E-state index is 13.0. The third-order valence-corrected chi connectivity index (χ3v) is 7.42. The lowest BCUT2D eigenvalue weighted by Crippen LogP contribution is -2.36. The Balaban J connectivity index is 1.69. The van der Waals surface area contributed by atoms with Crippen molar-refractivity contribution in [2.45, 2.75) is 43.9 Å². The van der Waals surface area contributed by atoms with Crippen molar-refractivity contribution in [2.24, 2.45) is 5.92 Å². The lowest BCUT2D eigenvalue weighted by atomic mass is 10.1. The first kappa shape index (κ1) is 19.3. The van der Waals surface area contributed by atoms with Crippen molar-refractivity contribution in [3.63, 3.8) is 0 Å². The van der Waals surface area contributed by atoms with E-state index in [1.165, 1.54) is 6.07 Å². The molecular weight excluding hydrogens is 350 g/mol. The molecule has 0 bridgehead atoms. The van der Waals surface area contributed by atoms with Crippen LogP contribution >= 0.6 is 0 Å². The molecule has 2 aliphatic rings. The number of benzene rings is 1. The third kappa shape index (κ3) is 4.45. The summed E-state index contributed by atoms with van der Waals surface area (Å²) >= 11 is 0. The summed E-state index contributed by atoms with van der Waals surface area (Å²) in [5, 5.41) is 6.25. The number of carbonyl (C=O) groups is 1. The zero-order chi connectivity index (χ0) is 18.6. The number of amides is 1. The van der Waals surface area contributed by atoms with Crippen LogP contribution in [0.1, 0.15) is 48.0 Å². The molecule has 0 spiro atoms.